The van der Waals surface area contributed by atoms with Crippen LogP contribution in [-0.4, -0.2) is 50.6 Å². The Kier molecular flexibility index (Phi) is 5.13. The average molecular weight is 364 g/mol. The highest BCUT2D eigenvalue weighted by atomic mass is 32.2. The molecule has 0 N–H and O–H groups in total. The van der Waals surface area contributed by atoms with Crippen LogP contribution in [0.1, 0.15) is 5.89 Å². The van der Waals surface area contributed by atoms with Crippen molar-refractivity contribution >= 4 is 16.0 Å². The van der Waals surface area contributed by atoms with Gasteiger partial charge in [0.1, 0.15) is 0 Å². The number of alkyl halides is 3. The molecule has 132 valence electrons. The molecule has 2 aromatic rings. The summed E-state index contributed by atoms with van der Waals surface area (Å²) in [4.78, 5) is 4.77. The van der Waals surface area contributed by atoms with Gasteiger partial charge in [0.15, 0.2) is 0 Å². The second-order valence-electron chi connectivity index (χ2n) is 5.09. The van der Waals surface area contributed by atoms with Gasteiger partial charge in [0, 0.05) is 6.54 Å². The van der Waals surface area contributed by atoms with Gasteiger partial charge in [0.25, 0.3) is 16.0 Å². The van der Waals surface area contributed by atoms with E-state index in [2.05, 4.69) is 14.7 Å². The fraction of sp³-hybridized carbons (Fsp3) is 0.385. The molecule has 0 spiro atoms. The fourth-order valence-electron chi connectivity index (χ4n) is 1.77. The molecule has 1 heterocycles. The maximum Gasteiger partial charge on any atom is 0.471 e. The second kappa shape index (κ2) is 6.77. The number of aromatic nitrogens is 2. The van der Waals surface area contributed by atoms with E-state index in [0.29, 0.717) is 4.31 Å². The summed E-state index contributed by atoms with van der Waals surface area (Å²) in [5.41, 5.74) is 0. The number of rotatable bonds is 6. The summed E-state index contributed by atoms with van der Waals surface area (Å²) >= 11 is 0. The van der Waals surface area contributed by atoms with Crippen LogP contribution in [0.3, 0.4) is 0 Å². The summed E-state index contributed by atoms with van der Waals surface area (Å²) in [6.45, 7) is 0.114. The molecule has 1 aromatic heterocycles. The minimum atomic E-state index is -4.85. The SMILES string of the molecule is CN(C)CCN(c1noc(C(F)(F)F)n1)S(=O)(=O)c1ccccc1. The van der Waals surface area contributed by atoms with Crippen LogP contribution in [0.4, 0.5) is 19.1 Å². The highest BCUT2D eigenvalue weighted by Crippen LogP contribution is 2.30. The van der Waals surface area contributed by atoms with Gasteiger partial charge in [-0.1, -0.05) is 18.2 Å². The van der Waals surface area contributed by atoms with Gasteiger partial charge in [-0.25, -0.2) is 12.7 Å². The van der Waals surface area contributed by atoms with Crippen LogP contribution in [0.2, 0.25) is 0 Å². The van der Waals surface area contributed by atoms with Crippen molar-refractivity contribution in [3.8, 4) is 0 Å². The Balaban J connectivity index is 2.43. The molecule has 24 heavy (non-hydrogen) atoms. The van der Waals surface area contributed by atoms with E-state index in [1.807, 2.05) is 0 Å². The third-order valence-corrected chi connectivity index (χ3v) is 4.76. The van der Waals surface area contributed by atoms with Crippen molar-refractivity contribution < 1.29 is 26.1 Å². The summed E-state index contributed by atoms with van der Waals surface area (Å²) in [6.07, 6.45) is -4.85. The van der Waals surface area contributed by atoms with E-state index >= 15 is 0 Å². The Hall–Kier alpha value is -2.14. The van der Waals surface area contributed by atoms with Crippen LogP contribution in [0.25, 0.3) is 0 Å². The first kappa shape index (κ1) is 18.2. The van der Waals surface area contributed by atoms with Crippen LogP contribution in [0, 0.1) is 0 Å². The molecule has 0 saturated heterocycles. The third-order valence-electron chi connectivity index (χ3n) is 2.96. The zero-order valence-electron chi connectivity index (χ0n) is 12.9. The minimum Gasteiger partial charge on any atom is -0.327 e. The van der Waals surface area contributed by atoms with Crippen LogP contribution < -0.4 is 4.31 Å². The third kappa shape index (κ3) is 4.03. The molecule has 0 aliphatic heterocycles. The average Bonchev–Trinajstić information content (AvgIpc) is 2.97. The van der Waals surface area contributed by atoms with Crippen LogP contribution in [0.15, 0.2) is 39.8 Å². The lowest BCUT2D eigenvalue weighted by atomic mass is 10.4. The summed E-state index contributed by atoms with van der Waals surface area (Å²) in [6, 6.07) is 7.31. The van der Waals surface area contributed by atoms with Gasteiger partial charge in [0.2, 0.25) is 0 Å². The molecule has 1 aromatic carbocycles. The molecule has 0 unspecified atom stereocenters. The molecule has 0 aliphatic rings. The lowest BCUT2D eigenvalue weighted by Crippen LogP contribution is -2.37. The molecule has 0 amide bonds. The molecule has 11 heteroatoms. The monoisotopic (exact) mass is 364 g/mol. The molecule has 0 bridgehead atoms. The van der Waals surface area contributed by atoms with E-state index in [1.165, 1.54) is 24.3 Å². The van der Waals surface area contributed by atoms with Gasteiger partial charge >= 0.3 is 12.1 Å². The topological polar surface area (TPSA) is 79.5 Å². The molecule has 0 atom stereocenters. The Bertz CT molecular complexity index is 775. The molecule has 0 radical (unpaired) electrons. The number of anilines is 1. The first-order chi connectivity index (χ1) is 11.1. The number of benzene rings is 1. The van der Waals surface area contributed by atoms with E-state index in [-0.39, 0.29) is 18.0 Å². The molecule has 0 fully saturated rings. The number of halogens is 3. The Labute approximate surface area is 136 Å². The first-order valence-electron chi connectivity index (χ1n) is 6.76. The van der Waals surface area contributed by atoms with Crippen molar-refractivity contribution in [2.45, 2.75) is 11.1 Å². The number of likely N-dealkylation sites (N-methyl/N-ethyl adjacent to an activating group) is 1. The Morgan fingerprint density at radius 3 is 2.25 bits per heavy atom. The molecule has 2 rings (SSSR count). The lowest BCUT2D eigenvalue weighted by Gasteiger charge is -2.22. The van der Waals surface area contributed by atoms with Crippen molar-refractivity contribution in [3.63, 3.8) is 0 Å². The van der Waals surface area contributed by atoms with Crippen molar-refractivity contribution in [1.82, 2.24) is 15.0 Å². The number of nitrogens with zero attached hydrogens (tertiary/aromatic N) is 4. The minimum absolute atomic E-state index is 0.0814. The number of hydrogen-bond acceptors (Lipinski definition) is 6. The van der Waals surface area contributed by atoms with E-state index in [9.17, 15) is 21.6 Å². The largest absolute Gasteiger partial charge is 0.471 e. The maximum absolute atomic E-state index is 12.7. The van der Waals surface area contributed by atoms with Gasteiger partial charge in [-0.15, -0.1) is 0 Å². The molecule has 7 nitrogen and oxygen atoms in total. The standard InChI is InChI=1S/C13H15F3N4O3S/c1-19(2)8-9-20(12-17-11(23-18-12)13(14,15)16)24(21,22)10-6-4-3-5-7-10/h3-7H,8-9H2,1-2H3. The Morgan fingerprint density at radius 2 is 1.75 bits per heavy atom. The predicted octanol–water partition coefficient (Wildman–Crippen LogP) is 1.85. The van der Waals surface area contributed by atoms with Gasteiger partial charge in [-0.2, -0.15) is 18.2 Å². The van der Waals surface area contributed by atoms with Crippen LogP contribution >= 0.6 is 0 Å². The normalized spacial score (nSPS) is 12.6. The van der Waals surface area contributed by atoms with Gasteiger partial charge in [-0.05, 0) is 31.4 Å². The van der Waals surface area contributed by atoms with E-state index in [4.69, 9.17) is 0 Å². The van der Waals surface area contributed by atoms with Crippen molar-refractivity contribution in [2.75, 3.05) is 31.5 Å². The van der Waals surface area contributed by atoms with Crippen LogP contribution in [-0.2, 0) is 16.2 Å². The lowest BCUT2D eigenvalue weighted by molar-refractivity contribution is -0.159. The smallest absolute Gasteiger partial charge is 0.327 e. The fourth-order valence-corrected chi connectivity index (χ4v) is 3.14. The molecule has 0 saturated carbocycles. The first-order valence-corrected chi connectivity index (χ1v) is 8.20. The van der Waals surface area contributed by atoms with Gasteiger partial charge in [0.05, 0.1) is 11.4 Å². The maximum atomic E-state index is 12.7. The van der Waals surface area contributed by atoms with Crippen molar-refractivity contribution in [3.05, 3.63) is 36.2 Å². The quantitative estimate of drug-likeness (QED) is 0.778. The molecule has 0 aliphatic carbocycles. The van der Waals surface area contributed by atoms with E-state index in [1.54, 1.807) is 25.1 Å². The number of hydrogen-bond donors (Lipinski definition) is 0. The highest BCUT2D eigenvalue weighted by Gasteiger charge is 2.40. The van der Waals surface area contributed by atoms with E-state index < -0.39 is 28.0 Å². The summed E-state index contributed by atoms with van der Waals surface area (Å²) in [5, 5.41) is 3.17. The predicted molar refractivity (Wildman–Crippen MR) is 78.8 cm³/mol. The highest BCUT2D eigenvalue weighted by molar-refractivity contribution is 7.92. The van der Waals surface area contributed by atoms with E-state index in [0.717, 1.165) is 0 Å². The summed E-state index contributed by atoms with van der Waals surface area (Å²) < 4.78 is 68.1. The molecular weight excluding hydrogens is 349 g/mol. The number of sulfonamides is 1. The zero-order valence-corrected chi connectivity index (χ0v) is 13.7. The molecular formula is C13H15F3N4O3S. The van der Waals surface area contributed by atoms with Crippen LogP contribution in [0.5, 0.6) is 0 Å². The van der Waals surface area contributed by atoms with Crippen molar-refractivity contribution in [1.29, 1.82) is 0 Å². The summed E-state index contributed by atoms with van der Waals surface area (Å²) in [5.74, 6) is -2.26. The Morgan fingerprint density at radius 1 is 1.12 bits per heavy atom. The second-order valence-corrected chi connectivity index (χ2v) is 6.95. The van der Waals surface area contributed by atoms with Gasteiger partial charge in [-0.3, -0.25) is 0 Å². The zero-order chi connectivity index (χ0) is 18.0. The van der Waals surface area contributed by atoms with Gasteiger partial charge < -0.3 is 9.42 Å². The summed E-state index contributed by atoms with van der Waals surface area (Å²) in [7, 11) is -0.729. The van der Waals surface area contributed by atoms with Crippen molar-refractivity contribution in [2.24, 2.45) is 0 Å².